The van der Waals surface area contributed by atoms with E-state index in [-0.39, 0.29) is 5.91 Å². The van der Waals surface area contributed by atoms with E-state index in [0.717, 1.165) is 0 Å². The monoisotopic (exact) mass is 296 g/mol. The lowest BCUT2D eigenvalue weighted by Crippen LogP contribution is -2.57. The average Bonchev–Trinajstić information content (AvgIpc) is 2.39. The molecule has 0 spiro atoms. The van der Waals surface area contributed by atoms with Crippen LogP contribution in [0.5, 0.6) is 5.75 Å². The van der Waals surface area contributed by atoms with Gasteiger partial charge in [0.1, 0.15) is 5.75 Å². The maximum absolute atomic E-state index is 12.4. The van der Waals surface area contributed by atoms with Crippen molar-refractivity contribution in [2.75, 3.05) is 13.1 Å². The standard InChI is InChI=1S/C15H21ClN2O2/c1-10-8-18(9-11(2)17-10)15(19)12(3)20-14-7-5-4-6-13(14)16/h4-7,10-12,17H,8-9H2,1-3H3/t10-,11-,12-/m1/s1. The van der Waals surface area contributed by atoms with Gasteiger partial charge in [-0.25, -0.2) is 0 Å². The highest BCUT2D eigenvalue weighted by Gasteiger charge is 2.28. The third kappa shape index (κ3) is 3.64. The van der Waals surface area contributed by atoms with E-state index in [1.807, 2.05) is 17.0 Å². The lowest BCUT2D eigenvalue weighted by atomic mass is 10.1. The fourth-order valence-corrected chi connectivity index (χ4v) is 2.73. The highest BCUT2D eigenvalue weighted by Crippen LogP contribution is 2.24. The quantitative estimate of drug-likeness (QED) is 0.931. The van der Waals surface area contributed by atoms with Crippen LogP contribution in [0.1, 0.15) is 20.8 Å². The second-order valence-electron chi connectivity index (χ2n) is 5.40. The van der Waals surface area contributed by atoms with E-state index in [2.05, 4.69) is 19.2 Å². The zero-order valence-electron chi connectivity index (χ0n) is 12.1. The van der Waals surface area contributed by atoms with Gasteiger partial charge in [0.15, 0.2) is 6.10 Å². The van der Waals surface area contributed by atoms with Crippen LogP contribution in [-0.2, 0) is 4.79 Å². The largest absolute Gasteiger partial charge is 0.479 e. The molecule has 20 heavy (non-hydrogen) atoms. The molecule has 0 bridgehead atoms. The molecule has 1 aliphatic heterocycles. The van der Waals surface area contributed by atoms with Gasteiger partial charge in [-0.05, 0) is 32.9 Å². The van der Waals surface area contributed by atoms with Gasteiger partial charge in [-0.2, -0.15) is 0 Å². The van der Waals surface area contributed by atoms with E-state index in [4.69, 9.17) is 16.3 Å². The Morgan fingerprint density at radius 1 is 1.35 bits per heavy atom. The van der Waals surface area contributed by atoms with Gasteiger partial charge in [0.05, 0.1) is 5.02 Å². The first-order chi connectivity index (χ1) is 9.47. The molecule has 0 aromatic heterocycles. The number of hydrogen-bond acceptors (Lipinski definition) is 3. The second kappa shape index (κ2) is 6.46. The van der Waals surface area contributed by atoms with Crippen LogP contribution in [-0.4, -0.2) is 42.1 Å². The molecule has 0 radical (unpaired) electrons. The van der Waals surface area contributed by atoms with E-state index in [9.17, 15) is 4.79 Å². The molecule has 3 atom stereocenters. The third-order valence-corrected chi connectivity index (χ3v) is 3.67. The Kier molecular flexibility index (Phi) is 4.89. The van der Waals surface area contributed by atoms with Crippen molar-refractivity contribution in [3.05, 3.63) is 29.3 Å². The molecule has 1 aliphatic rings. The van der Waals surface area contributed by atoms with Gasteiger partial charge in [-0.1, -0.05) is 23.7 Å². The summed E-state index contributed by atoms with van der Waals surface area (Å²) in [7, 11) is 0. The Labute approximate surface area is 125 Å². The van der Waals surface area contributed by atoms with Crippen LogP contribution in [0.25, 0.3) is 0 Å². The molecule has 1 heterocycles. The highest BCUT2D eigenvalue weighted by atomic mass is 35.5. The average molecular weight is 297 g/mol. The Bertz CT molecular complexity index is 471. The fourth-order valence-electron chi connectivity index (χ4n) is 2.55. The van der Waals surface area contributed by atoms with E-state index < -0.39 is 6.10 Å². The normalized spacial score (nSPS) is 24.3. The number of carbonyl (C=O) groups is 1. The SMILES string of the molecule is C[C@@H]1CN(C(=O)[C@@H](C)Oc2ccccc2Cl)C[C@@H](C)N1. The van der Waals surface area contributed by atoms with E-state index in [0.29, 0.717) is 35.9 Å². The molecule has 1 saturated heterocycles. The number of para-hydroxylation sites is 1. The molecule has 0 saturated carbocycles. The summed E-state index contributed by atoms with van der Waals surface area (Å²) in [6.07, 6.45) is -0.535. The van der Waals surface area contributed by atoms with E-state index >= 15 is 0 Å². The molecular formula is C15H21ClN2O2. The Morgan fingerprint density at radius 3 is 2.55 bits per heavy atom. The number of piperazine rings is 1. The van der Waals surface area contributed by atoms with Crippen LogP contribution in [0.15, 0.2) is 24.3 Å². The van der Waals surface area contributed by atoms with Crippen LogP contribution in [0, 0.1) is 0 Å². The first kappa shape index (κ1) is 15.1. The Morgan fingerprint density at radius 2 is 1.95 bits per heavy atom. The molecule has 5 heteroatoms. The molecule has 110 valence electrons. The Balaban J connectivity index is 2.00. The number of benzene rings is 1. The number of rotatable bonds is 3. The molecule has 0 aliphatic carbocycles. The van der Waals surface area contributed by atoms with Gasteiger partial charge in [-0.15, -0.1) is 0 Å². The summed E-state index contributed by atoms with van der Waals surface area (Å²) >= 11 is 6.05. The molecule has 1 amide bonds. The van der Waals surface area contributed by atoms with E-state index in [1.165, 1.54) is 0 Å². The van der Waals surface area contributed by atoms with Crippen LogP contribution in [0.2, 0.25) is 5.02 Å². The van der Waals surface area contributed by atoms with Crippen molar-refractivity contribution in [1.82, 2.24) is 10.2 Å². The molecule has 1 aromatic rings. The number of halogens is 1. The third-order valence-electron chi connectivity index (χ3n) is 3.36. The minimum Gasteiger partial charge on any atom is -0.479 e. The van der Waals surface area contributed by atoms with Crippen molar-refractivity contribution in [1.29, 1.82) is 0 Å². The van der Waals surface area contributed by atoms with Crippen molar-refractivity contribution >= 4 is 17.5 Å². The molecule has 0 unspecified atom stereocenters. The number of nitrogens with one attached hydrogen (secondary N) is 1. The van der Waals surface area contributed by atoms with Gasteiger partial charge >= 0.3 is 0 Å². The van der Waals surface area contributed by atoms with Gasteiger partial charge in [-0.3, -0.25) is 4.79 Å². The molecule has 4 nitrogen and oxygen atoms in total. The van der Waals surface area contributed by atoms with Crippen molar-refractivity contribution in [3.8, 4) is 5.75 Å². The summed E-state index contributed by atoms with van der Waals surface area (Å²) in [5.74, 6) is 0.552. The number of amides is 1. The fraction of sp³-hybridized carbons (Fsp3) is 0.533. The molecule has 1 N–H and O–H groups in total. The van der Waals surface area contributed by atoms with Gasteiger partial charge in [0.25, 0.3) is 5.91 Å². The summed E-state index contributed by atoms with van der Waals surface area (Å²) in [5, 5.41) is 3.93. The molecule has 2 rings (SSSR count). The summed E-state index contributed by atoms with van der Waals surface area (Å²) in [6, 6.07) is 7.80. The Hall–Kier alpha value is -1.26. The van der Waals surface area contributed by atoms with Crippen molar-refractivity contribution in [2.45, 2.75) is 39.0 Å². The van der Waals surface area contributed by atoms with Gasteiger partial charge in [0, 0.05) is 25.2 Å². The maximum Gasteiger partial charge on any atom is 0.263 e. The zero-order chi connectivity index (χ0) is 14.7. The van der Waals surface area contributed by atoms with Crippen LogP contribution in [0.3, 0.4) is 0 Å². The number of nitrogens with zero attached hydrogens (tertiary/aromatic N) is 1. The van der Waals surface area contributed by atoms with Crippen molar-refractivity contribution in [2.24, 2.45) is 0 Å². The van der Waals surface area contributed by atoms with Gasteiger partial charge < -0.3 is 15.0 Å². The van der Waals surface area contributed by atoms with Crippen LogP contribution >= 0.6 is 11.6 Å². The number of hydrogen-bond donors (Lipinski definition) is 1. The van der Waals surface area contributed by atoms with E-state index in [1.54, 1.807) is 19.1 Å². The van der Waals surface area contributed by atoms with Crippen LogP contribution < -0.4 is 10.1 Å². The first-order valence-corrected chi connectivity index (χ1v) is 7.31. The lowest BCUT2D eigenvalue weighted by molar-refractivity contribution is -0.139. The topological polar surface area (TPSA) is 41.6 Å². The predicted octanol–water partition coefficient (Wildman–Crippen LogP) is 2.32. The van der Waals surface area contributed by atoms with Crippen LogP contribution in [0.4, 0.5) is 0 Å². The first-order valence-electron chi connectivity index (χ1n) is 6.93. The highest BCUT2D eigenvalue weighted by molar-refractivity contribution is 6.32. The molecular weight excluding hydrogens is 276 g/mol. The summed E-state index contributed by atoms with van der Waals surface area (Å²) in [5.41, 5.74) is 0. The summed E-state index contributed by atoms with van der Waals surface area (Å²) in [4.78, 5) is 14.3. The number of ether oxygens (including phenoxy) is 1. The maximum atomic E-state index is 12.4. The summed E-state index contributed by atoms with van der Waals surface area (Å²) in [6.45, 7) is 7.34. The van der Waals surface area contributed by atoms with Crippen molar-refractivity contribution < 1.29 is 9.53 Å². The smallest absolute Gasteiger partial charge is 0.263 e. The lowest BCUT2D eigenvalue weighted by Gasteiger charge is -2.37. The minimum atomic E-state index is -0.535. The molecule has 1 aromatic carbocycles. The predicted molar refractivity (Wildman–Crippen MR) is 80.2 cm³/mol. The second-order valence-corrected chi connectivity index (χ2v) is 5.81. The van der Waals surface area contributed by atoms with Crippen molar-refractivity contribution in [3.63, 3.8) is 0 Å². The summed E-state index contributed by atoms with van der Waals surface area (Å²) < 4.78 is 5.69. The van der Waals surface area contributed by atoms with Gasteiger partial charge in [0.2, 0.25) is 0 Å². The zero-order valence-corrected chi connectivity index (χ0v) is 12.9. The minimum absolute atomic E-state index is 0.00474. The molecule has 1 fully saturated rings. The number of carbonyl (C=O) groups excluding carboxylic acids is 1.